The molecule has 1 aromatic carbocycles. The smallest absolute Gasteiger partial charge is 0.120 e. The van der Waals surface area contributed by atoms with Gasteiger partial charge in [0.2, 0.25) is 0 Å². The van der Waals surface area contributed by atoms with Crippen molar-refractivity contribution in [3.63, 3.8) is 0 Å². The van der Waals surface area contributed by atoms with Crippen LogP contribution in [0.5, 0.6) is 5.75 Å². The summed E-state index contributed by atoms with van der Waals surface area (Å²) in [7, 11) is 0. The lowest BCUT2D eigenvalue weighted by atomic mass is 10.2. The number of alkyl halides is 1. The van der Waals surface area contributed by atoms with Crippen molar-refractivity contribution in [2.24, 2.45) is 0 Å². The third-order valence-corrected chi connectivity index (χ3v) is 2.32. The molecule has 0 unspecified atom stereocenters. The Morgan fingerprint density at radius 3 is 2.93 bits per heavy atom. The van der Waals surface area contributed by atoms with Gasteiger partial charge in [0.1, 0.15) is 5.75 Å². The van der Waals surface area contributed by atoms with Gasteiger partial charge in [-0.25, -0.2) is 0 Å². The fraction of sp³-hybridized carbons (Fsp3) is 0.364. The van der Waals surface area contributed by atoms with Gasteiger partial charge in [-0.05, 0) is 31.0 Å². The highest BCUT2D eigenvalue weighted by Gasteiger charge is 1.95. The lowest BCUT2D eigenvalue weighted by Gasteiger charge is -2.04. The minimum Gasteiger partial charge on any atom is -0.494 e. The lowest BCUT2D eigenvalue weighted by molar-refractivity contribution is 0.310. The quantitative estimate of drug-likeness (QED) is 0.597. The number of unbranched alkanes of at least 4 members (excludes halogenated alkanes) is 1. The number of rotatable bonds is 5. The molecule has 0 aliphatic carbocycles. The summed E-state index contributed by atoms with van der Waals surface area (Å²) in [5.74, 6) is 0.777. The molecule has 0 N–H and O–H groups in total. The van der Waals surface area contributed by atoms with Gasteiger partial charge in [0.25, 0.3) is 0 Å². The average Bonchev–Trinajstić information content (AvgIpc) is 2.25. The highest BCUT2D eigenvalue weighted by atomic mass is 79.9. The molecule has 0 spiro atoms. The Kier molecular flexibility index (Phi) is 5.09. The normalized spacial score (nSPS) is 9.43. The van der Waals surface area contributed by atoms with Crippen molar-refractivity contribution >= 4 is 15.9 Å². The molecule has 14 heavy (non-hydrogen) atoms. The van der Waals surface area contributed by atoms with E-state index in [1.54, 1.807) is 12.1 Å². The Labute approximate surface area is 92.6 Å². The van der Waals surface area contributed by atoms with Gasteiger partial charge in [0.15, 0.2) is 0 Å². The van der Waals surface area contributed by atoms with Crippen LogP contribution in [0.4, 0.5) is 0 Å². The predicted molar refractivity (Wildman–Crippen MR) is 59.7 cm³/mol. The van der Waals surface area contributed by atoms with E-state index in [1.807, 2.05) is 12.1 Å². The number of benzene rings is 1. The van der Waals surface area contributed by atoms with Gasteiger partial charge in [-0.1, -0.05) is 22.0 Å². The molecule has 0 fully saturated rings. The van der Waals surface area contributed by atoms with E-state index in [-0.39, 0.29) is 0 Å². The molecule has 0 aromatic heterocycles. The molecule has 0 saturated heterocycles. The van der Waals surface area contributed by atoms with E-state index < -0.39 is 0 Å². The standard InChI is InChI=1S/C11H12BrNO/c12-6-1-2-7-14-11-5-3-4-10(8-11)9-13/h3-5,8H,1-2,6-7H2. The Morgan fingerprint density at radius 1 is 1.36 bits per heavy atom. The summed E-state index contributed by atoms with van der Waals surface area (Å²) in [4.78, 5) is 0. The molecule has 0 bridgehead atoms. The number of hydrogen-bond donors (Lipinski definition) is 0. The second-order valence-electron chi connectivity index (χ2n) is 2.88. The van der Waals surface area contributed by atoms with Gasteiger partial charge >= 0.3 is 0 Å². The highest BCUT2D eigenvalue weighted by Crippen LogP contribution is 2.12. The molecule has 3 heteroatoms. The van der Waals surface area contributed by atoms with Crippen LogP contribution in [0, 0.1) is 11.3 Å². The van der Waals surface area contributed by atoms with Crippen LogP contribution in [-0.2, 0) is 0 Å². The topological polar surface area (TPSA) is 33.0 Å². The zero-order valence-corrected chi connectivity index (χ0v) is 9.46. The maximum Gasteiger partial charge on any atom is 0.120 e. The van der Waals surface area contributed by atoms with Gasteiger partial charge in [0, 0.05) is 5.33 Å². The van der Waals surface area contributed by atoms with Crippen LogP contribution in [0.1, 0.15) is 18.4 Å². The van der Waals surface area contributed by atoms with Gasteiger partial charge in [-0.15, -0.1) is 0 Å². The largest absolute Gasteiger partial charge is 0.494 e. The van der Waals surface area contributed by atoms with Crippen LogP contribution in [0.3, 0.4) is 0 Å². The molecule has 1 rings (SSSR count). The predicted octanol–water partition coefficient (Wildman–Crippen LogP) is 3.11. The Morgan fingerprint density at radius 2 is 2.21 bits per heavy atom. The molecule has 0 atom stereocenters. The van der Waals surface area contributed by atoms with Crippen molar-refractivity contribution < 1.29 is 4.74 Å². The first kappa shape index (κ1) is 11.1. The average molecular weight is 254 g/mol. The van der Waals surface area contributed by atoms with Gasteiger partial charge < -0.3 is 4.74 Å². The third kappa shape index (κ3) is 3.80. The van der Waals surface area contributed by atoms with Crippen molar-refractivity contribution in [2.45, 2.75) is 12.8 Å². The van der Waals surface area contributed by atoms with Gasteiger partial charge in [0.05, 0.1) is 18.2 Å². The number of hydrogen-bond acceptors (Lipinski definition) is 2. The molecule has 0 heterocycles. The second-order valence-corrected chi connectivity index (χ2v) is 3.68. The summed E-state index contributed by atoms with van der Waals surface area (Å²) in [5, 5.41) is 9.67. The maximum absolute atomic E-state index is 8.66. The summed E-state index contributed by atoms with van der Waals surface area (Å²) < 4.78 is 5.48. The Balaban J connectivity index is 2.39. The fourth-order valence-corrected chi connectivity index (χ4v) is 1.44. The molecule has 0 saturated carbocycles. The van der Waals surface area contributed by atoms with Gasteiger partial charge in [-0.2, -0.15) is 5.26 Å². The number of ether oxygens (including phenoxy) is 1. The summed E-state index contributed by atoms with van der Waals surface area (Å²) in [5.41, 5.74) is 0.642. The summed E-state index contributed by atoms with van der Waals surface area (Å²) >= 11 is 3.36. The number of nitrogens with zero attached hydrogens (tertiary/aromatic N) is 1. The molecule has 0 aliphatic heterocycles. The zero-order valence-electron chi connectivity index (χ0n) is 7.87. The van der Waals surface area contributed by atoms with Crippen molar-refractivity contribution in [3.05, 3.63) is 29.8 Å². The monoisotopic (exact) mass is 253 g/mol. The lowest BCUT2D eigenvalue weighted by Crippen LogP contribution is -1.97. The van der Waals surface area contributed by atoms with Gasteiger partial charge in [-0.3, -0.25) is 0 Å². The van der Waals surface area contributed by atoms with Crippen molar-refractivity contribution in [1.82, 2.24) is 0 Å². The summed E-state index contributed by atoms with van der Waals surface area (Å²) in [6.45, 7) is 0.709. The van der Waals surface area contributed by atoms with Crippen LogP contribution in [0.2, 0.25) is 0 Å². The first-order chi connectivity index (χ1) is 6.86. The van der Waals surface area contributed by atoms with Crippen molar-refractivity contribution in [1.29, 1.82) is 5.26 Å². The van der Waals surface area contributed by atoms with Crippen LogP contribution in [-0.4, -0.2) is 11.9 Å². The SMILES string of the molecule is N#Cc1cccc(OCCCCBr)c1. The molecule has 0 amide bonds. The number of halogens is 1. The second kappa shape index (κ2) is 6.44. The third-order valence-electron chi connectivity index (χ3n) is 1.76. The molecule has 1 aromatic rings. The molecular weight excluding hydrogens is 242 g/mol. The van der Waals surface area contributed by atoms with Crippen LogP contribution < -0.4 is 4.74 Å². The molecule has 0 aliphatic rings. The van der Waals surface area contributed by atoms with Crippen LogP contribution in [0.25, 0.3) is 0 Å². The fourth-order valence-electron chi connectivity index (χ4n) is 1.04. The van der Waals surface area contributed by atoms with E-state index in [4.69, 9.17) is 10.00 Å². The molecule has 0 radical (unpaired) electrons. The molecule has 2 nitrogen and oxygen atoms in total. The molecular formula is C11H12BrNO. The van der Waals surface area contributed by atoms with Crippen LogP contribution in [0.15, 0.2) is 24.3 Å². The van der Waals surface area contributed by atoms with E-state index in [0.29, 0.717) is 12.2 Å². The number of nitriles is 1. The van der Waals surface area contributed by atoms with E-state index >= 15 is 0 Å². The maximum atomic E-state index is 8.66. The first-order valence-electron chi connectivity index (χ1n) is 4.56. The Hall–Kier alpha value is -1.01. The van der Waals surface area contributed by atoms with E-state index in [9.17, 15) is 0 Å². The van der Waals surface area contributed by atoms with Crippen LogP contribution >= 0.6 is 15.9 Å². The minimum atomic E-state index is 0.642. The van der Waals surface area contributed by atoms with Crippen molar-refractivity contribution in [2.75, 3.05) is 11.9 Å². The van der Waals surface area contributed by atoms with Crippen molar-refractivity contribution in [3.8, 4) is 11.8 Å². The van der Waals surface area contributed by atoms with E-state index in [2.05, 4.69) is 22.0 Å². The van der Waals surface area contributed by atoms with E-state index in [0.717, 1.165) is 23.9 Å². The minimum absolute atomic E-state index is 0.642. The first-order valence-corrected chi connectivity index (χ1v) is 5.68. The highest BCUT2D eigenvalue weighted by molar-refractivity contribution is 9.09. The summed E-state index contributed by atoms with van der Waals surface area (Å²) in [6.07, 6.45) is 2.14. The van der Waals surface area contributed by atoms with E-state index in [1.165, 1.54) is 0 Å². The summed E-state index contributed by atoms with van der Waals surface area (Å²) in [6, 6.07) is 9.31. The molecule has 74 valence electrons. The zero-order chi connectivity index (χ0) is 10.2. The Bertz CT molecular complexity index is 319.